The van der Waals surface area contributed by atoms with E-state index in [9.17, 15) is 29.0 Å². The molecular weight excluding hydrogens is 606 g/mol. The molecule has 0 radical (unpaired) electrons. The largest absolute Gasteiger partial charge is 0.461 e. The summed E-state index contributed by atoms with van der Waals surface area (Å²) in [4.78, 5) is 53.2. The van der Waals surface area contributed by atoms with Crippen LogP contribution in [0.1, 0.15) is 52.0 Å². The van der Waals surface area contributed by atoms with Crippen LogP contribution in [0.4, 0.5) is 0 Å². The van der Waals surface area contributed by atoms with Gasteiger partial charge in [-0.15, -0.1) is 0 Å². The van der Waals surface area contributed by atoms with Gasteiger partial charge in [0, 0.05) is 5.41 Å². The monoisotopic (exact) mass is 638 g/mol. The van der Waals surface area contributed by atoms with Crippen LogP contribution in [0.25, 0.3) is 11.2 Å². The maximum absolute atomic E-state index is 13.0. The number of hydrogen-bond donors (Lipinski definition) is 5. The molecule has 0 spiro atoms. The minimum absolute atomic E-state index is 0.0611. The summed E-state index contributed by atoms with van der Waals surface area (Å²) in [6.07, 6.45) is -2.12. The van der Waals surface area contributed by atoms with Gasteiger partial charge in [-0.2, -0.15) is 4.98 Å². The third-order valence-electron chi connectivity index (χ3n) is 9.18. The van der Waals surface area contributed by atoms with Gasteiger partial charge in [0.15, 0.2) is 17.8 Å². The number of fused-ring (bicyclic) bond motifs is 3. The summed E-state index contributed by atoms with van der Waals surface area (Å²) in [7, 11) is -9.58. The topological polar surface area (TPSA) is 224 Å². The zero-order chi connectivity index (χ0) is 30.1. The number of aliphatic hydroxyl groups is 2. The SMILES string of the molecule is CC1(C)[C@@H]2CC[C@@]1(C)C(OC(=O)Cc1nc(Cl)nc3c1ncn3[C@@H]1O[C@H](COP(=O)(O)CP(=O)(O)O)C(O)C1O)C2. The molecule has 0 aromatic carbocycles. The zero-order valence-corrected chi connectivity index (χ0v) is 25.1. The smallest absolute Gasteiger partial charge is 0.340 e. The number of aromatic nitrogens is 4. The Morgan fingerprint density at radius 3 is 2.51 bits per heavy atom. The number of rotatable bonds is 9. The average molecular weight is 639 g/mol. The van der Waals surface area contributed by atoms with Crippen molar-refractivity contribution in [1.29, 1.82) is 0 Å². The molecule has 18 heteroatoms. The van der Waals surface area contributed by atoms with Crippen LogP contribution in [0, 0.1) is 16.7 Å². The van der Waals surface area contributed by atoms with Gasteiger partial charge >= 0.3 is 21.2 Å². The molecule has 3 fully saturated rings. The summed E-state index contributed by atoms with van der Waals surface area (Å²) in [5.41, 5.74) is 0.420. The molecule has 5 N–H and O–H groups in total. The molecule has 2 bridgehead atoms. The lowest BCUT2D eigenvalue weighted by Crippen LogP contribution is -2.38. The second-order valence-corrected chi connectivity index (χ2v) is 16.1. The number of aliphatic hydroxyl groups excluding tert-OH is 2. The second-order valence-electron chi connectivity index (χ2n) is 11.8. The normalized spacial score (nSPS) is 34.3. The molecular formula is C23H33ClN4O11P2. The van der Waals surface area contributed by atoms with Gasteiger partial charge in [0.05, 0.1) is 25.0 Å². The van der Waals surface area contributed by atoms with Crippen LogP contribution < -0.4 is 0 Å². The Balaban J connectivity index is 1.31. The molecule has 2 aliphatic carbocycles. The van der Waals surface area contributed by atoms with Crippen molar-refractivity contribution in [2.24, 2.45) is 16.7 Å². The van der Waals surface area contributed by atoms with E-state index in [1.54, 1.807) is 0 Å². The molecule has 4 unspecified atom stereocenters. The van der Waals surface area contributed by atoms with E-state index in [0.717, 1.165) is 19.3 Å². The molecule has 2 aromatic heterocycles. The van der Waals surface area contributed by atoms with E-state index in [1.165, 1.54) is 10.9 Å². The number of imidazole rings is 1. The van der Waals surface area contributed by atoms with Gasteiger partial charge in [-0.25, -0.2) is 9.97 Å². The van der Waals surface area contributed by atoms with Gasteiger partial charge in [-0.3, -0.25) is 18.5 Å². The van der Waals surface area contributed by atoms with Crippen molar-refractivity contribution in [1.82, 2.24) is 19.5 Å². The van der Waals surface area contributed by atoms with Gasteiger partial charge in [-0.1, -0.05) is 20.8 Å². The van der Waals surface area contributed by atoms with Gasteiger partial charge in [0.1, 0.15) is 29.9 Å². The summed E-state index contributed by atoms with van der Waals surface area (Å²) in [6.45, 7) is 5.85. The zero-order valence-electron chi connectivity index (χ0n) is 22.5. The van der Waals surface area contributed by atoms with Gasteiger partial charge in [0.25, 0.3) is 0 Å². The number of ether oxygens (including phenoxy) is 2. The molecule has 2 saturated carbocycles. The van der Waals surface area contributed by atoms with Crippen molar-refractivity contribution in [2.75, 3.05) is 12.5 Å². The lowest BCUT2D eigenvalue weighted by atomic mass is 9.70. The van der Waals surface area contributed by atoms with Crippen molar-refractivity contribution < 1.29 is 52.8 Å². The fraction of sp³-hybridized carbons (Fsp3) is 0.739. The number of esters is 1. The molecule has 3 heterocycles. The van der Waals surface area contributed by atoms with E-state index >= 15 is 0 Å². The fourth-order valence-corrected chi connectivity index (χ4v) is 9.21. The van der Waals surface area contributed by atoms with Crippen molar-refractivity contribution in [3.8, 4) is 0 Å². The first-order valence-electron chi connectivity index (χ1n) is 13.0. The third kappa shape index (κ3) is 5.74. The van der Waals surface area contributed by atoms with Crippen molar-refractivity contribution in [2.45, 2.75) is 77.1 Å². The Bertz CT molecular complexity index is 1450. The standard InChI is InChI=1S/C23H33ClN4O11P2/c1-22(2)11-4-5-23(22,3)14(6-11)39-15(29)7-12-16-19(27-21(24)26-12)28(9-25-16)20-18(31)17(30)13(38-20)8-37-41(35,36)10-40(32,33)34/h9,11,13-14,17-18,20,30-31H,4-8,10H2,1-3H3,(H,35,36)(H2,32,33,34)/t11-,13-,14?,17?,18?,20-,23+/m1/s1. The van der Waals surface area contributed by atoms with Crippen molar-refractivity contribution >= 4 is 43.9 Å². The average Bonchev–Trinajstić information content (AvgIpc) is 3.49. The summed E-state index contributed by atoms with van der Waals surface area (Å²) in [5.74, 6) is -1.42. The predicted molar refractivity (Wildman–Crippen MR) is 142 cm³/mol. The van der Waals surface area contributed by atoms with E-state index in [4.69, 9.17) is 35.4 Å². The van der Waals surface area contributed by atoms with Gasteiger partial charge in [-0.05, 0) is 42.2 Å². The highest BCUT2D eigenvalue weighted by molar-refractivity contribution is 7.70. The van der Waals surface area contributed by atoms with Crippen LogP contribution in [0.3, 0.4) is 0 Å². The van der Waals surface area contributed by atoms with Crippen molar-refractivity contribution in [3.05, 3.63) is 17.3 Å². The Morgan fingerprint density at radius 1 is 1.20 bits per heavy atom. The Labute approximate surface area is 239 Å². The number of hydrogen-bond acceptors (Lipinski definition) is 11. The molecule has 41 heavy (non-hydrogen) atoms. The first-order chi connectivity index (χ1) is 18.9. The molecule has 5 rings (SSSR count). The highest BCUT2D eigenvalue weighted by atomic mass is 35.5. The quantitative estimate of drug-likeness (QED) is 0.150. The molecule has 228 valence electrons. The molecule has 2 aromatic rings. The number of halogens is 1. The van der Waals surface area contributed by atoms with E-state index in [-0.39, 0.29) is 45.5 Å². The van der Waals surface area contributed by atoms with E-state index in [0.29, 0.717) is 5.92 Å². The van der Waals surface area contributed by atoms with Crippen LogP contribution >= 0.6 is 26.8 Å². The Kier molecular flexibility index (Phi) is 7.99. The second kappa shape index (κ2) is 10.6. The summed E-state index contributed by atoms with van der Waals surface area (Å²) >= 11 is 6.16. The number of carbonyl (C=O) groups is 1. The Hall–Kier alpha value is -1.51. The molecule has 1 aliphatic heterocycles. The van der Waals surface area contributed by atoms with E-state index in [2.05, 4.69) is 35.7 Å². The summed E-state index contributed by atoms with van der Waals surface area (Å²) < 4.78 is 40.6. The van der Waals surface area contributed by atoms with Crippen LogP contribution in [0.15, 0.2) is 6.33 Å². The minimum Gasteiger partial charge on any atom is -0.461 e. The van der Waals surface area contributed by atoms with Gasteiger partial charge in [0.2, 0.25) is 5.28 Å². The molecule has 0 amide bonds. The first-order valence-corrected chi connectivity index (χ1v) is 17.0. The third-order valence-corrected chi connectivity index (χ3v) is 12.8. The maximum atomic E-state index is 13.0. The molecule has 1 saturated heterocycles. The minimum atomic E-state index is -4.86. The number of nitrogens with zero attached hydrogens (tertiary/aromatic N) is 4. The molecule has 8 atom stereocenters. The van der Waals surface area contributed by atoms with E-state index < -0.39 is 58.2 Å². The predicted octanol–water partition coefficient (Wildman–Crippen LogP) is 1.74. The van der Waals surface area contributed by atoms with E-state index in [1.807, 2.05) is 0 Å². The van der Waals surface area contributed by atoms with Crippen molar-refractivity contribution in [3.63, 3.8) is 0 Å². The van der Waals surface area contributed by atoms with Crippen LogP contribution in [-0.2, 0) is 34.3 Å². The fourth-order valence-electron chi connectivity index (χ4n) is 6.46. The molecule has 3 aliphatic rings. The highest BCUT2D eigenvalue weighted by Gasteiger charge is 2.62. The lowest BCUT2D eigenvalue weighted by Gasteiger charge is -2.38. The molecule has 15 nitrogen and oxygen atoms in total. The van der Waals surface area contributed by atoms with Crippen LogP contribution in [0.2, 0.25) is 5.28 Å². The number of carbonyl (C=O) groups excluding carboxylic acids is 1. The summed E-state index contributed by atoms with van der Waals surface area (Å²) in [6, 6.07) is 0. The summed E-state index contributed by atoms with van der Waals surface area (Å²) in [5, 5.41) is 20.9. The van der Waals surface area contributed by atoms with Crippen LogP contribution in [-0.4, -0.2) is 87.3 Å². The lowest BCUT2D eigenvalue weighted by molar-refractivity contribution is -0.156. The first kappa shape index (κ1) is 30.9. The van der Waals surface area contributed by atoms with Gasteiger partial charge < -0.3 is 38.9 Å². The highest BCUT2D eigenvalue weighted by Crippen LogP contribution is 2.66. The van der Waals surface area contributed by atoms with Crippen LogP contribution in [0.5, 0.6) is 0 Å². The maximum Gasteiger partial charge on any atom is 0.340 e. The Morgan fingerprint density at radius 2 is 1.90 bits per heavy atom.